The van der Waals surface area contributed by atoms with Crippen LogP contribution in [-0.2, 0) is 19.7 Å². The van der Waals surface area contributed by atoms with Gasteiger partial charge < -0.3 is 24.1 Å². The van der Waals surface area contributed by atoms with Crippen LogP contribution in [0.4, 0.5) is 0 Å². The Morgan fingerprint density at radius 2 is 1.81 bits per heavy atom. The topological polar surface area (TPSA) is 74.2 Å². The fourth-order valence-corrected chi connectivity index (χ4v) is 2.36. The van der Waals surface area contributed by atoms with Gasteiger partial charge >= 0.3 is 5.97 Å². The number of hydrogen-bond donors (Lipinski definition) is 1. The van der Waals surface area contributed by atoms with Crippen LogP contribution in [0.5, 0.6) is 11.5 Å². The van der Waals surface area contributed by atoms with Crippen LogP contribution in [0, 0.1) is 6.92 Å². The molecule has 0 aromatic heterocycles. The van der Waals surface area contributed by atoms with Crippen molar-refractivity contribution in [1.82, 2.24) is 0 Å². The van der Waals surface area contributed by atoms with E-state index in [-0.39, 0.29) is 13.6 Å². The zero-order chi connectivity index (χ0) is 15.5. The predicted octanol–water partition coefficient (Wildman–Crippen LogP) is 2.08. The number of aryl methyl sites for hydroxylation is 1. The maximum absolute atomic E-state index is 11.7. The number of ether oxygens (including phenoxy) is 4. The Morgan fingerprint density at radius 3 is 2.33 bits per heavy atom. The van der Waals surface area contributed by atoms with E-state index in [0.29, 0.717) is 29.9 Å². The summed E-state index contributed by atoms with van der Waals surface area (Å²) >= 11 is 0. The maximum atomic E-state index is 11.7. The number of carboxylic acid groups (broad SMARTS) is 1. The van der Waals surface area contributed by atoms with Gasteiger partial charge in [-0.15, -0.1) is 0 Å². The fourth-order valence-electron chi connectivity index (χ4n) is 2.36. The largest absolute Gasteiger partial charge is 0.481 e. The van der Waals surface area contributed by atoms with Crippen LogP contribution in [0.15, 0.2) is 12.1 Å². The molecule has 2 rings (SSSR count). The standard InChI is InChI=1S/C15H20O6/c1-10-4-5-11(20-8-18-2)12(13(10)21-9-19-3)15(6-7-15)14(16)17/h4-5H,6-9H2,1-3H3,(H,16,17). The summed E-state index contributed by atoms with van der Waals surface area (Å²) < 4.78 is 21.0. The van der Waals surface area contributed by atoms with Crippen LogP contribution in [-0.4, -0.2) is 38.9 Å². The summed E-state index contributed by atoms with van der Waals surface area (Å²) in [5.41, 5.74) is 0.487. The Bertz CT molecular complexity index is 521. The molecule has 0 bridgehead atoms. The number of rotatable bonds is 8. The smallest absolute Gasteiger partial charge is 0.314 e. The minimum absolute atomic E-state index is 0.0511. The molecule has 0 saturated heterocycles. The van der Waals surface area contributed by atoms with Crippen molar-refractivity contribution in [3.63, 3.8) is 0 Å². The van der Waals surface area contributed by atoms with Crippen molar-refractivity contribution < 1.29 is 28.8 Å². The predicted molar refractivity (Wildman–Crippen MR) is 74.7 cm³/mol. The molecule has 6 heteroatoms. The van der Waals surface area contributed by atoms with E-state index in [1.54, 1.807) is 6.07 Å². The minimum Gasteiger partial charge on any atom is -0.481 e. The fraction of sp³-hybridized carbons (Fsp3) is 0.533. The Morgan fingerprint density at radius 1 is 1.19 bits per heavy atom. The second-order valence-corrected chi connectivity index (χ2v) is 5.07. The van der Waals surface area contributed by atoms with Crippen molar-refractivity contribution in [2.45, 2.75) is 25.2 Å². The Labute approximate surface area is 123 Å². The second-order valence-electron chi connectivity index (χ2n) is 5.07. The first-order chi connectivity index (χ1) is 10.1. The van der Waals surface area contributed by atoms with Gasteiger partial charge in [0.05, 0.1) is 5.56 Å². The highest BCUT2D eigenvalue weighted by molar-refractivity contribution is 5.87. The highest BCUT2D eigenvalue weighted by Gasteiger charge is 2.55. The van der Waals surface area contributed by atoms with Crippen LogP contribution in [0.2, 0.25) is 0 Å². The SMILES string of the molecule is COCOc1ccc(C)c(OCOC)c1C1(C(=O)O)CC1. The lowest BCUT2D eigenvalue weighted by atomic mass is 9.92. The summed E-state index contributed by atoms with van der Waals surface area (Å²) in [4.78, 5) is 11.7. The third-order valence-electron chi connectivity index (χ3n) is 3.61. The first kappa shape index (κ1) is 15.6. The quantitative estimate of drug-likeness (QED) is 0.740. The van der Waals surface area contributed by atoms with Gasteiger partial charge in [-0.2, -0.15) is 0 Å². The van der Waals surface area contributed by atoms with Gasteiger partial charge in [-0.3, -0.25) is 4.79 Å². The third-order valence-corrected chi connectivity index (χ3v) is 3.61. The van der Waals surface area contributed by atoms with Crippen molar-refractivity contribution in [1.29, 1.82) is 0 Å². The van der Waals surface area contributed by atoms with Crippen molar-refractivity contribution >= 4 is 5.97 Å². The van der Waals surface area contributed by atoms with E-state index < -0.39 is 11.4 Å². The number of methoxy groups -OCH3 is 2. The molecule has 1 aliphatic rings. The number of hydrogen-bond acceptors (Lipinski definition) is 5. The van der Waals surface area contributed by atoms with Gasteiger partial charge in [0.15, 0.2) is 13.6 Å². The van der Waals surface area contributed by atoms with E-state index in [2.05, 4.69) is 0 Å². The molecule has 0 heterocycles. The third kappa shape index (κ3) is 2.96. The Kier molecular flexibility index (Phi) is 4.69. The van der Waals surface area contributed by atoms with E-state index in [9.17, 15) is 9.90 Å². The monoisotopic (exact) mass is 296 g/mol. The van der Waals surface area contributed by atoms with E-state index in [4.69, 9.17) is 18.9 Å². The van der Waals surface area contributed by atoms with Gasteiger partial charge in [0.25, 0.3) is 0 Å². The maximum Gasteiger partial charge on any atom is 0.314 e. The van der Waals surface area contributed by atoms with Crippen molar-refractivity contribution in [3.05, 3.63) is 23.3 Å². The molecule has 0 spiro atoms. The molecule has 1 aliphatic carbocycles. The number of carboxylic acids is 1. The summed E-state index contributed by atoms with van der Waals surface area (Å²) in [7, 11) is 3.03. The van der Waals surface area contributed by atoms with Crippen LogP contribution >= 0.6 is 0 Å². The summed E-state index contributed by atoms with van der Waals surface area (Å²) in [6.45, 7) is 1.97. The van der Waals surface area contributed by atoms with E-state index in [1.807, 2.05) is 13.0 Å². The molecular weight excluding hydrogens is 276 g/mol. The molecule has 116 valence electrons. The number of aliphatic carboxylic acids is 1. The van der Waals surface area contributed by atoms with Gasteiger partial charge in [-0.25, -0.2) is 0 Å². The Hall–Kier alpha value is -1.79. The molecule has 1 aromatic rings. The Balaban J connectivity index is 2.49. The molecule has 0 amide bonds. The number of carbonyl (C=O) groups is 1. The van der Waals surface area contributed by atoms with Crippen LogP contribution < -0.4 is 9.47 Å². The zero-order valence-electron chi connectivity index (χ0n) is 12.5. The summed E-state index contributed by atoms with van der Waals surface area (Å²) in [6.07, 6.45) is 1.14. The lowest BCUT2D eigenvalue weighted by Gasteiger charge is -2.21. The van der Waals surface area contributed by atoms with Crippen LogP contribution in [0.1, 0.15) is 24.0 Å². The van der Waals surface area contributed by atoms with Crippen LogP contribution in [0.3, 0.4) is 0 Å². The van der Waals surface area contributed by atoms with Gasteiger partial charge in [0.1, 0.15) is 16.9 Å². The number of benzene rings is 1. The van der Waals surface area contributed by atoms with Crippen molar-refractivity contribution in [3.8, 4) is 11.5 Å². The summed E-state index contributed by atoms with van der Waals surface area (Å²) in [6, 6.07) is 3.59. The van der Waals surface area contributed by atoms with Crippen LogP contribution in [0.25, 0.3) is 0 Å². The van der Waals surface area contributed by atoms with Gasteiger partial charge in [-0.1, -0.05) is 6.07 Å². The average Bonchev–Trinajstić information content (AvgIpc) is 3.26. The van der Waals surface area contributed by atoms with Crippen molar-refractivity contribution in [2.24, 2.45) is 0 Å². The van der Waals surface area contributed by atoms with Gasteiger partial charge in [-0.05, 0) is 31.4 Å². The molecule has 1 saturated carbocycles. The molecular formula is C15H20O6. The molecule has 0 radical (unpaired) electrons. The first-order valence-electron chi connectivity index (χ1n) is 6.67. The van der Waals surface area contributed by atoms with E-state index in [0.717, 1.165) is 5.56 Å². The molecule has 1 N–H and O–H groups in total. The van der Waals surface area contributed by atoms with Crippen molar-refractivity contribution in [2.75, 3.05) is 27.8 Å². The van der Waals surface area contributed by atoms with Gasteiger partial charge in [0.2, 0.25) is 0 Å². The molecule has 21 heavy (non-hydrogen) atoms. The lowest BCUT2D eigenvalue weighted by molar-refractivity contribution is -0.140. The van der Waals surface area contributed by atoms with E-state index >= 15 is 0 Å². The summed E-state index contributed by atoms with van der Waals surface area (Å²) in [5, 5.41) is 9.57. The molecule has 0 atom stereocenters. The molecule has 1 fully saturated rings. The van der Waals surface area contributed by atoms with Gasteiger partial charge in [0, 0.05) is 14.2 Å². The second kappa shape index (κ2) is 6.32. The molecule has 0 unspecified atom stereocenters. The average molecular weight is 296 g/mol. The molecule has 6 nitrogen and oxygen atoms in total. The first-order valence-corrected chi connectivity index (χ1v) is 6.67. The minimum atomic E-state index is -0.932. The highest BCUT2D eigenvalue weighted by atomic mass is 16.7. The lowest BCUT2D eigenvalue weighted by Crippen LogP contribution is -2.23. The highest BCUT2D eigenvalue weighted by Crippen LogP contribution is 2.55. The zero-order valence-corrected chi connectivity index (χ0v) is 12.5. The molecule has 0 aliphatic heterocycles. The van der Waals surface area contributed by atoms with E-state index in [1.165, 1.54) is 14.2 Å². The summed E-state index contributed by atoms with van der Waals surface area (Å²) in [5.74, 6) is 0.136. The molecule has 1 aromatic carbocycles. The normalized spacial score (nSPS) is 15.6.